The van der Waals surface area contributed by atoms with Crippen molar-refractivity contribution in [2.45, 2.75) is 20.3 Å². The zero-order valence-electron chi connectivity index (χ0n) is 14.8. The highest BCUT2D eigenvalue weighted by Gasteiger charge is 2.13. The average molecular weight is 369 g/mol. The molecule has 0 saturated carbocycles. The van der Waals surface area contributed by atoms with Crippen molar-refractivity contribution in [1.29, 1.82) is 0 Å². The lowest BCUT2D eigenvalue weighted by molar-refractivity contribution is -0.111. The standard InChI is InChI=1S/C19H19N3O3S/c1-4-18-21-19(22-25-18)16-11-15(12(2)26-16)20-17(23)10-7-13-5-8-14(24-3)9-6-13/h5-11H,4H2,1-3H3,(H,20,23). The maximum Gasteiger partial charge on any atom is 0.248 e. The first-order valence-corrected chi connectivity index (χ1v) is 8.97. The average Bonchev–Trinajstić information content (AvgIpc) is 3.27. The lowest BCUT2D eigenvalue weighted by Gasteiger charge is -2.01. The summed E-state index contributed by atoms with van der Waals surface area (Å²) in [6.45, 7) is 3.90. The lowest BCUT2D eigenvalue weighted by Crippen LogP contribution is -2.07. The Bertz CT molecular complexity index is 926. The number of carbonyl (C=O) groups is 1. The zero-order chi connectivity index (χ0) is 18.5. The van der Waals surface area contributed by atoms with Gasteiger partial charge in [-0.15, -0.1) is 11.3 Å². The Morgan fingerprint density at radius 1 is 1.35 bits per heavy atom. The number of ether oxygens (including phenoxy) is 1. The molecular weight excluding hydrogens is 350 g/mol. The molecule has 7 heteroatoms. The molecule has 0 aliphatic carbocycles. The molecule has 0 fully saturated rings. The Hall–Kier alpha value is -2.93. The second-order valence-corrected chi connectivity index (χ2v) is 6.80. The Morgan fingerprint density at radius 3 is 2.77 bits per heavy atom. The summed E-state index contributed by atoms with van der Waals surface area (Å²) in [5.41, 5.74) is 1.67. The van der Waals surface area contributed by atoms with E-state index in [0.717, 1.165) is 26.8 Å². The van der Waals surface area contributed by atoms with Gasteiger partial charge in [-0.3, -0.25) is 4.79 Å². The minimum atomic E-state index is -0.198. The van der Waals surface area contributed by atoms with Crippen LogP contribution in [0.5, 0.6) is 5.75 Å². The third-order valence-electron chi connectivity index (χ3n) is 3.71. The topological polar surface area (TPSA) is 77.2 Å². The van der Waals surface area contributed by atoms with Crippen molar-refractivity contribution < 1.29 is 14.1 Å². The molecule has 0 radical (unpaired) electrons. The molecule has 134 valence electrons. The molecule has 2 aromatic heterocycles. The van der Waals surface area contributed by atoms with Crippen LogP contribution in [-0.4, -0.2) is 23.2 Å². The monoisotopic (exact) mass is 369 g/mol. The first kappa shape index (κ1) is 17.9. The van der Waals surface area contributed by atoms with Crippen molar-refractivity contribution in [2.75, 3.05) is 12.4 Å². The molecule has 0 spiro atoms. The van der Waals surface area contributed by atoms with E-state index in [2.05, 4.69) is 15.5 Å². The third kappa shape index (κ3) is 4.18. The maximum absolute atomic E-state index is 12.2. The van der Waals surface area contributed by atoms with Crippen LogP contribution in [0.3, 0.4) is 0 Å². The predicted octanol–water partition coefficient (Wildman–Crippen LogP) is 4.33. The van der Waals surface area contributed by atoms with Crippen molar-refractivity contribution in [3.8, 4) is 16.5 Å². The summed E-state index contributed by atoms with van der Waals surface area (Å²) in [4.78, 5) is 18.4. The summed E-state index contributed by atoms with van der Waals surface area (Å²) in [7, 11) is 1.62. The molecule has 2 heterocycles. The predicted molar refractivity (Wildman–Crippen MR) is 102 cm³/mol. The molecule has 0 bridgehead atoms. The first-order valence-electron chi connectivity index (χ1n) is 8.15. The van der Waals surface area contributed by atoms with Crippen LogP contribution in [0, 0.1) is 6.92 Å². The number of nitrogens with one attached hydrogen (secondary N) is 1. The number of thiophene rings is 1. The molecule has 1 amide bonds. The summed E-state index contributed by atoms with van der Waals surface area (Å²) in [6, 6.07) is 9.34. The molecule has 6 nitrogen and oxygen atoms in total. The van der Waals surface area contributed by atoms with Gasteiger partial charge in [0.25, 0.3) is 0 Å². The number of methoxy groups -OCH3 is 1. The van der Waals surface area contributed by atoms with E-state index in [1.165, 1.54) is 17.4 Å². The van der Waals surface area contributed by atoms with Crippen molar-refractivity contribution in [1.82, 2.24) is 10.1 Å². The second kappa shape index (κ2) is 7.97. The third-order valence-corrected chi connectivity index (χ3v) is 4.76. The van der Waals surface area contributed by atoms with Gasteiger partial charge in [0, 0.05) is 17.4 Å². The summed E-state index contributed by atoms with van der Waals surface area (Å²) in [6.07, 6.45) is 3.95. The summed E-state index contributed by atoms with van der Waals surface area (Å²) < 4.78 is 10.3. The molecule has 1 aromatic carbocycles. The van der Waals surface area contributed by atoms with Crippen molar-refractivity contribution in [3.05, 3.63) is 52.7 Å². The van der Waals surface area contributed by atoms with E-state index in [4.69, 9.17) is 9.26 Å². The van der Waals surface area contributed by atoms with E-state index >= 15 is 0 Å². The highest BCUT2D eigenvalue weighted by atomic mass is 32.1. The van der Waals surface area contributed by atoms with Gasteiger partial charge in [0.2, 0.25) is 17.6 Å². The fourth-order valence-electron chi connectivity index (χ4n) is 2.28. The molecule has 0 aliphatic rings. The highest BCUT2D eigenvalue weighted by Crippen LogP contribution is 2.32. The fraction of sp³-hybridized carbons (Fsp3) is 0.211. The van der Waals surface area contributed by atoms with Crippen LogP contribution in [0.1, 0.15) is 23.3 Å². The van der Waals surface area contributed by atoms with Gasteiger partial charge in [-0.25, -0.2) is 0 Å². The van der Waals surface area contributed by atoms with Gasteiger partial charge in [-0.2, -0.15) is 4.98 Å². The Labute approximate surface area is 155 Å². The number of aromatic nitrogens is 2. The largest absolute Gasteiger partial charge is 0.497 e. The van der Waals surface area contributed by atoms with Gasteiger partial charge in [0.1, 0.15) is 5.75 Å². The molecule has 3 rings (SSSR count). The number of hydrogen-bond acceptors (Lipinski definition) is 6. The number of hydrogen-bond donors (Lipinski definition) is 1. The number of rotatable bonds is 6. The van der Waals surface area contributed by atoms with E-state index in [1.54, 1.807) is 13.2 Å². The van der Waals surface area contributed by atoms with Gasteiger partial charge in [-0.1, -0.05) is 24.2 Å². The highest BCUT2D eigenvalue weighted by molar-refractivity contribution is 7.16. The number of amides is 1. The number of aryl methyl sites for hydroxylation is 2. The van der Waals surface area contributed by atoms with Crippen LogP contribution in [0.25, 0.3) is 16.8 Å². The van der Waals surface area contributed by atoms with E-state index < -0.39 is 0 Å². The van der Waals surface area contributed by atoms with E-state index in [-0.39, 0.29) is 5.91 Å². The number of nitrogens with zero attached hydrogens (tertiary/aromatic N) is 2. The lowest BCUT2D eigenvalue weighted by atomic mass is 10.2. The van der Waals surface area contributed by atoms with Gasteiger partial charge in [0.15, 0.2) is 0 Å². The Morgan fingerprint density at radius 2 is 2.12 bits per heavy atom. The van der Waals surface area contributed by atoms with Crippen LogP contribution in [0.15, 0.2) is 40.9 Å². The van der Waals surface area contributed by atoms with Crippen LogP contribution >= 0.6 is 11.3 Å². The zero-order valence-corrected chi connectivity index (χ0v) is 15.6. The normalized spacial score (nSPS) is 11.0. The molecular formula is C19H19N3O3S. The van der Waals surface area contributed by atoms with Gasteiger partial charge < -0.3 is 14.6 Å². The van der Waals surface area contributed by atoms with Crippen molar-refractivity contribution in [3.63, 3.8) is 0 Å². The number of anilines is 1. The molecule has 1 N–H and O–H groups in total. The van der Waals surface area contributed by atoms with Crippen LogP contribution in [-0.2, 0) is 11.2 Å². The molecule has 0 unspecified atom stereocenters. The molecule has 26 heavy (non-hydrogen) atoms. The fourth-order valence-corrected chi connectivity index (χ4v) is 3.18. The van der Waals surface area contributed by atoms with Crippen LogP contribution in [0.2, 0.25) is 0 Å². The number of carbonyl (C=O) groups excluding carboxylic acids is 1. The quantitative estimate of drug-likeness (QED) is 0.655. The Kier molecular flexibility index (Phi) is 5.48. The van der Waals surface area contributed by atoms with Crippen molar-refractivity contribution in [2.24, 2.45) is 0 Å². The maximum atomic E-state index is 12.2. The summed E-state index contributed by atoms with van der Waals surface area (Å²) >= 11 is 1.51. The molecule has 0 saturated heterocycles. The molecule has 0 aliphatic heterocycles. The van der Waals surface area contributed by atoms with Crippen LogP contribution < -0.4 is 10.1 Å². The van der Waals surface area contributed by atoms with E-state index in [9.17, 15) is 4.79 Å². The smallest absolute Gasteiger partial charge is 0.248 e. The summed E-state index contributed by atoms with van der Waals surface area (Å²) in [5.74, 6) is 1.72. The minimum Gasteiger partial charge on any atom is -0.497 e. The van der Waals surface area contributed by atoms with Gasteiger partial charge >= 0.3 is 0 Å². The van der Waals surface area contributed by atoms with E-state index in [1.807, 2.05) is 44.2 Å². The molecule has 0 atom stereocenters. The summed E-state index contributed by atoms with van der Waals surface area (Å²) in [5, 5.41) is 6.86. The van der Waals surface area contributed by atoms with Gasteiger partial charge in [-0.05, 0) is 36.8 Å². The van der Waals surface area contributed by atoms with E-state index in [0.29, 0.717) is 18.1 Å². The second-order valence-electron chi connectivity index (χ2n) is 5.54. The van der Waals surface area contributed by atoms with Crippen LogP contribution in [0.4, 0.5) is 5.69 Å². The SMILES string of the molecule is CCc1nc(-c2cc(NC(=O)C=Cc3ccc(OC)cc3)c(C)s2)no1. The molecule has 3 aromatic rings. The Balaban J connectivity index is 1.68. The first-order chi connectivity index (χ1) is 12.6. The number of benzene rings is 1. The minimum absolute atomic E-state index is 0.198. The van der Waals surface area contributed by atoms with Crippen molar-refractivity contribution >= 4 is 29.0 Å². The van der Waals surface area contributed by atoms with Gasteiger partial charge in [0.05, 0.1) is 17.7 Å².